The van der Waals surface area contributed by atoms with Gasteiger partial charge in [-0.15, -0.1) is 0 Å². The number of benzene rings is 1. The van der Waals surface area contributed by atoms with E-state index in [-0.39, 0.29) is 18.7 Å². The molecule has 0 saturated carbocycles. The molecule has 0 fully saturated rings. The molecular formula is C15H18N2O5. The van der Waals surface area contributed by atoms with E-state index in [2.05, 4.69) is 5.10 Å². The van der Waals surface area contributed by atoms with Crippen LogP contribution in [0.1, 0.15) is 20.3 Å². The number of nitrogens with zero attached hydrogens (tertiary/aromatic N) is 2. The largest absolute Gasteiger partial charge is 0.494 e. The summed E-state index contributed by atoms with van der Waals surface area (Å²) >= 11 is 0. The number of carbonyl (C=O) groups excluding carboxylic acids is 1. The van der Waals surface area contributed by atoms with Gasteiger partial charge >= 0.3 is 11.9 Å². The van der Waals surface area contributed by atoms with Crippen molar-refractivity contribution in [2.45, 2.75) is 26.3 Å². The summed E-state index contributed by atoms with van der Waals surface area (Å²) in [6.45, 7) is 4.34. The number of aliphatic carboxylic acids is 1. The van der Waals surface area contributed by atoms with Gasteiger partial charge in [-0.05, 0) is 38.1 Å². The van der Waals surface area contributed by atoms with Crippen LogP contribution in [-0.2, 0) is 14.3 Å². The van der Waals surface area contributed by atoms with Gasteiger partial charge in [0.1, 0.15) is 11.5 Å². The minimum absolute atomic E-state index is 0.0153. The minimum Gasteiger partial charge on any atom is -0.494 e. The topological polar surface area (TPSA) is 88.4 Å². The van der Waals surface area contributed by atoms with Gasteiger partial charge in [-0.2, -0.15) is 5.10 Å². The van der Waals surface area contributed by atoms with Crippen LogP contribution in [0.3, 0.4) is 0 Å². The fourth-order valence-corrected chi connectivity index (χ4v) is 2.14. The number of hydrazone groups is 1. The zero-order valence-electron chi connectivity index (χ0n) is 12.5. The van der Waals surface area contributed by atoms with Crippen LogP contribution >= 0.6 is 0 Å². The van der Waals surface area contributed by atoms with Crippen LogP contribution in [0.4, 0.5) is 5.69 Å². The quantitative estimate of drug-likeness (QED) is 0.804. The number of carboxylic acid groups (broad SMARTS) is 1. The van der Waals surface area contributed by atoms with E-state index in [1.54, 1.807) is 31.2 Å². The number of ether oxygens (including phenoxy) is 2. The molecule has 1 aromatic carbocycles. The Morgan fingerprint density at radius 3 is 2.50 bits per heavy atom. The minimum atomic E-state index is -1.04. The molecule has 1 atom stereocenters. The van der Waals surface area contributed by atoms with Crippen molar-refractivity contribution in [1.29, 1.82) is 0 Å². The Hall–Kier alpha value is -2.57. The van der Waals surface area contributed by atoms with Crippen LogP contribution in [0, 0.1) is 0 Å². The molecule has 7 nitrogen and oxygen atoms in total. The maximum atomic E-state index is 11.7. The zero-order chi connectivity index (χ0) is 16.1. The Balaban J connectivity index is 2.24. The van der Waals surface area contributed by atoms with E-state index < -0.39 is 18.0 Å². The zero-order valence-corrected chi connectivity index (χ0v) is 12.5. The summed E-state index contributed by atoms with van der Waals surface area (Å²) in [5.74, 6) is -0.939. The summed E-state index contributed by atoms with van der Waals surface area (Å²) in [6, 6.07) is 5.96. The number of rotatable bonds is 6. The first-order valence-corrected chi connectivity index (χ1v) is 7.06. The molecule has 0 spiro atoms. The van der Waals surface area contributed by atoms with Crippen molar-refractivity contribution in [1.82, 2.24) is 0 Å². The molecule has 118 valence electrons. The first kappa shape index (κ1) is 15.8. The van der Waals surface area contributed by atoms with Crippen molar-refractivity contribution in [2.75, 3.05) is 18.2 Å². The Morgan fingerprint density at radius 2 is 1.95 bits per heavy atom. The highest BCUT2D eigenvalue weighted by molar-refractivity contribution is 6.38. The number of hydrogen-bond donors (Lipinski definition) is 1. The van der Waals surface area contributed by atoms with Crippen molar-refractivity contribution < 1.29 is 24.2 Å². The van der Waals surface area contributed by atoms with Crippen molar-refractivity contribution in [3.63, 3.8) is 0 Å². The Morgan fingerprint density at radius 1 is 1.27 bits per heavy atom. The molecule has 0 aliphatic carbocycles. The normalized spacial score (nSPS) is 17.1. The molecule has 2 rings (SSSR count). The van der Waals surface area contributed by atoms with Gasteiger partial charge in [-0.3, -0.25) is 5.01 Å². The third-order valence-corrected chi connectivity index (χ3v) is 3.12. The van der Waals surface area contributed by atoms with Crippen molar-refractivity contribution in [2.24, 2.45) is 5.10 Å². The highest BCUT2D eigenvalue weighted by Crippen LogP contribution is 2.27. The molecule has 0 radical (unpaired) electrons. The number of carbonyl (C=O) groups is 2. The summed E-state index contributed by atoms with van der Waals surface area (Å²) in [5.41, 5.74) is 0.693. The Bertz CT molecular complexity index is 582. The van der Waals surface area contributed by atoms with Gasteiger partial charge in [0.15, 0.2) is 6.04 Å². The van der Waals surface area contributed by atoms with E-state index in [0.717, 1.165) is 0 Å². The van der Waals surface area contributed by atoms with Gasteiger partial charge in [0.2, 0.25) is 0 Å². The van der Waals surface area contributed by atoms with Crippen LogP contribution < -0.4 is 9.75 Å². The van der Waals surface area contributed by atoms with E-state index in [4.69, 9.17) is 9.47 Å². The fourth-order valence-electron chi connectivity index (χ4n) is 2.14. The molecule has 22 heavy (non-hydrogen) atoms. The fraction of sp³-hybridized carbons (Fsp3) is 0.400. The van der Waals surface area contributed by atoms with Gasteiger partial charge in [0, 0.05) is 6.42 Å². The van der Waals surface area contributed by atoms with Crippen molar-refractivity contribution in [3.8, 4) is 5.75 Å². The lowest BCUT2D eigenvalue weighted by atomic mass is 10.1. The average molecular weight is 306 g/mol. The maximum Gasteiger partial charge on any atom is 0.354 e. The lowest BCUT2D eigenvalue weighted by Gasteiger charge is -2.20. The van der Waals surface area contributed by atoms with E-state index >= 15 is 0 Å². The standard InChI is InChI=1S/C15H18N2O5/c1-3-21-11-7-5-10(6-8-11)17-13(14(18)19)9-12(16-17)15(20)22-4-2/h5-8,13H,3-4,9H2,1-2H3,(H,18,19)/t13-/m1/s1. The van der Waals surface area contributed by atoms with Crippen LogP contribution in [0.15, 0.2) is 29.4 Å². The van der Waals surface area contributed by atoms with Crippen LogP contribution in [0.2, 0.25) is 0 Å². The second-order valence-electron chi connectivity index (χ2n) is 4.60. The predicted molar refractivity (Wildman–Crippen MR) is 80.2 cm³/mol. The molecule has 0 aromatic heterocycles. The van der Waals surface area contributed by atoms with Crippen molar-refractivity contribution >= 4 is 23.3 Å². The molecular weight excluding hydrogens is 288 g/mol. The maximum absolute atomic E-state index is 11.7. The first-order valence-electron chi connectivity index (χ1n) is 7.06. The van der Waals surface area contributed by atoms with Gasteiger partial charge in [-0.1, -0.05) is 0 Å². The first-order chi connectivity index (χ1) is 10.6. The highest BCUT2D eigenvalue weighted by atomic mass is 16.5. The third kappa shape index (κ3) is 3.36. The van der Waals surface area contributed by atoms with Crippen LogP contribution in [-0.4, -0.2) is 42.0 Å². The van der Waals surface area contributed by atoms with E-state index in [1.165, 1.54) is 5.01 Å². The molecule has 0 amide bonds. The SMILES string of the molecule is CCOC(=O)C1=NN(c2ccc(OCC)cc2)[C@@H](C(=O)O)C1. The van der Waals surface area contributed by atoms with Crippen LogP contribution in [0.25, 0.3) is 0 Å². The molecule has 1 aromatic rings. The molecule has 1 aliphatic rings. The Labute approximate surface area is 128 Å². The lowest BCUT2D eigenvalue weighted by molar-refractivity contribution is -0.138. The summed E-state index contributed by atoms with van der Waals surface area (Å²) in [4.78, 5) is 23.1. The van der Waals surface area contributed by atoms with E-state index in [0.29, 0.717) is 18.0 Å². The second-order valence-corrected chi connectivity index (χ2v) is 4.60. The number of anilines is 1. The van der Waals surface area contributed by atoms with Gasteiger partial charge < -0.3 is 14.6 Å². The molecule has 1 aliphatic heterocycles. The van der Waals surface area contributed by atoms with Crippen molar-refractivity contribution in [3.05, 3.63) is 24.3 Å². The van der Waals surface area contributed by atoms with Crippen LogP contribution in [0.5, 0.6) is 5.75 Å². The van der Waals surface area contributed by atoms with Gasteiger partial charge in [-0.25, -0.2) is 9.59 Å². The van der Waals surface area contributed by atoms with Gasteiger partial charge in [0.05, 0.1) is 18.9 Å². The second kappa shape index (κ2) is 6.93. The molecule has 1 N–H and O–H groups in total. The predicted octanol–water partition coefficient (Wildman–Crippen LogP) is 1.67. The molecule has 7 heteroatoms. The average Bonchev–Trinajstić information content (AvgIpc) is 2.94. The number of hydrogen-bond acceptors (Lipinski definition) is 6. The summed E-state index contributed by atoms with van der Waals surface area (Å²) in [6.07, 6.45) is 0.0153. The highest BCUT2D eigenvalue weighted by Gasteiger charge is 2.36. The molecule has 1 heterocycles. The monoisotopic (exact) mass is 306 g/mol. The number of carboxylic acids is 1. The van der Waals surface area contributed by atoms with Gasteiger partial charge in [0.25, 0.3) is 0 Å². The summed E-state index contributed by atoms with van der Waals surface area (Å²) < 4.78 is 10.2. The van der Waals surface area contributed by atoms with E-state index in [9.17, 15) is 14.7 Å². The smallest absolute Gasteiger partial charge is 0.354 e. The number of esters is 1. The summed E-state index contributed by atoms with van der Waals surface area (Å²) in [7, 11) is 0. The lowest BCUT2D eigenvalue weighted by Crippen LogP contribution is -2.34. The molecule has 0 unspecified atom stereocenters. The third-order valence-electron chi connectivity index (χ3n) is 3.12. The Kier molecular flexibility index (Phi) is 4.98. The summed E-state index contributed by atoms with van der Waals surface area (Å²) in [5, 5.41) is 14.8. The molecule has 0 bridgehead atoms. The molecule has 0 saturated heterocycles. The van der Waals surface area contributed by atoms with E-state index in [1.807, 2.05) is 6.92 Å².